The van der Waals surface area contributed by atoms with Gasteiger partial charge in [-0.25, -0.2) is 0 Å². The van der Waals surface area contributed by atoms with Gasteiger partial charge in [0.2, 0.25) is 0 Å². The third kappa shape index (κ3) is 39.4. The molecule has 0 saturated carbocycles. The predicted molar refractivity (Wildman–Crippen MR) is 209 cm³/mol. The monoisotopic (exact) mass is 679 g/mol. The van der Waals surface area contributed by atoms with E-state index in [-0.39, 0.29) is 18.5 Å². The average Bonchev–Trinajstić information content (AvgIpc) is 3.07. The van der Waals surface area contributed by atoms with E-state index in [4.69, 9.17) is 9.84 Å². The average molecular weight is 679 g/mol. The molecule has 0 saturated heterocycles. The fourth-order valence-electron chi connectivity index (χ4n) is 7.07. The molecule has 0 radical (unpaired) electrons. The van der Waals surface area contributed by atoms with Gasteiger partial charge >= 0.3 is 11.9 Å². The highest BCUT2D eigenvalue weighted by atomic mass is 16.5. The third-order valence-electron chi connectivity index (χ3n) is 10.3. The number of hydrogen-bond acceptors (Lipinski definition) is 3. The first-order valence-electron chi connectivity index (χ1n) is 22.0. The largest absolute Gasteiger partial charge is 0.481 e. The number of carboxylic acid groups (broad SMARTS) is 1. The lowest BCUT2D eigenvalue weighted by Gasteiger charge is -2.18. The lowest BCUT2D eigenvalue weighted by atomic mass is 10.0. The summed E-state index contributed by atoms with van der Waals surface area (Å²) < 4.78 is 5.96. The van der Waals surface area contributed by atoms with Crippen LogP contribution in [0.2, 0.25) is 0 Å². The molecular formula is C44H86O4. The van der Waals surface area contributed by atoms with Gasteiger partial charge in [-0.15, -0.1) is 0 Å². The molecule has 1 N–H and O–H groups in total. The van der Waals surface area contributed by atoms with Gasteiger partial charge in [0, 0.05) is 12.8 Å². The van der Waals surface area contributed by atoms with Crippen LogP contribution in [0.3, 0.4) is 0 Å². The third-order valence-corrected chi connectivity index (χ3v) is 10.3. The summed E-state index contributed by atoms with van der Waals surface area (Å²) in [5.74, 6) is -0.740. The molecular weight excluding hydrogens is 592 g/mol. The van der Waals surface area contributed by atoms with Crippen LogP contribution in [0, 0.1) is 0 Å². The van der Waals surface area contributed by atoms with Crippen molar-refractivity contribution in [1.82, 2.24) is 0 Å². The van der Waals surface area contributed by atoms with Crippen molar-refractivity contribution in [1.29, 1.82) is 0 Å². The van der Waals surface area contributed by atoms with E-state index in [1.807, 2.05) is 0 Å². The number of carbonyl (C=O) groups excluding carboxylic acids is 1. The quantitative estimate of drug-likeness (QED) is 0.0516. The molecule has 0 spiro atoms. The normalized spacial score (nSPS) is 12.0. The topological polar surface area (TPSA) is 63.6 Å². The van der Waals surface area contributed by atoms with Crippen molar-refractivity contribution >= 4 is 11.9 Å². The maximum Gasteiger partial charge on any atom is 0.306 e. The molecule has 0 aliphatic carbocycles. The maximum atomic E-state index is 12.6. The highest BCUT2D eigenvalue weighted by molar-refractivity contribution is 5.69. The van der Waals surface area contributed by atoms with Crippen molar-refractivity contribution in [2.45, 2.75) is 270 Å². The summed E-state index contributed by atoms with van der Waals surface area (Å²) >= 11 is 0. The van der Waals surface area contributed by atoms with Crippen LogP contribution >= 0.6 is 0 Å². The predicted octanol–water partition coefficient (Wildman–Crippen LogP) is 15.2. The maximum absolute atomic E-state index is 12.6. The SMILES string of the molecule is CCCCCCCCCCCCCCCCCCCCCCCC(=O)OC(CCCCCCCCCCCCC)CCCCCC(=O)O. The van der Waals surface area contributed by atoms with E-state index in [0.29, 0.717) is 12.8 Å². The molecule has 0 aliphatic rings. The molecule has 286 valence electrons. The Morgan fingerprint density at radius 3 is 0.938 bits per heavy atom. The van der Waals surface area contributed by atoms with Gasteiger partial charge in [-0.3, -0.25) is 9.59 Å². The zero-order chi connectivity index (χ0) is 35.0. The minimum atomic E-state index is -0.719. The van der Waals surface area contributed by atoms with E-state index in [1.54, 1.807) is 0 Å². The van der Waals surface area contributed by atoms with Gasteiger partial charge in [-0.05, 0) is 38.5 Å². The second kappa shape index (κ2) is 40.4. The van der Waals surface area contributed by atoms with Crippen molar-refractivity contribution in [3.05, 3.63) is 0 Å². The zero-order valence-corrected chi connectivity index (χ0v) is 32.8. The molecule has 4 heteroatoms. The first-order valence-corrected chi connectivity index (χ1v) is 22.0. The highest BCUT2D eigenvalue weighted by Gasteiger charge is 2.14. The van der Waals surface area contributed by atoms with Crippen LogP contribution in [-0.4, -0.2) is 23.1 Å². The standard InChI is InChI=1S/C44H86O4/c1-3-5-7-9-11-13-15-16-17-18-19-20-21-22-23-24-26-28-30-32-37-41-44(47)48-42(39-35-33-36-40-43(45)46)38-34-31-29-27-25-14-12-10-8-6-4-2/h42H,3-41H2,1-2H3,(H,45,46). The molecule has 1 unspecified atom stereocenters. The molecule has 0 aliphatic heterocycles. The summed E-state index contributed by atoms with van der Waals surface area (Å²) in [6.45, 7) is 4.57. The molecule has 0 heterocycles. The van der Waals surface area contributed by atoms with Gasteiger partial charge in [-0.2, -0.15) is 0 Å². The van der Waals surface area contributed by atoms with E-state index in [9.17, 15) is 9.59 Å². The highest BCUT2D eigenvalue weighted by Crippen LogP contribution is 2.19. The summed E-state index contributed by atoms with van der Waals surface area (Å²) in [5, 5.41) is 8.90. The Morgan fingerprint density at radius 1 is 0.375 bits per heavy atom. The first-order chi connectivity index (χ1) is 23.6. The number of carbonyl (C=O) groups is 2. The second-order valence-electron chi connectivity index (χ2n) is 15.3. The number of esters is 1. The van der Waals surface area contributed by atoms with E-state index in [0.717, 1.165) is 44.9 Å². The summed E-state index contributed by atoms with van der Waals surface area (Å²) in [6.07, 6.45) is 48.5. The Balaban J connectivity index is 3.75. The van der Waals surface area contributed by atoms with Gasteiger partial charge in [0.15, 0.2) is 0 Å². The van der Waals surface area contributed by atoms with Gasteiger partial charge in [0.25, 0.3) is 0 Å². The van der Waals surface area contributed by atoms with Crippen LogP contribution in [0.25, 0.3) is 0 Å². The summed E-state index contributed by atoms with van der Waals surface area (Å²) in [5.41, 5.74) is 0. The number of aliphatic carboxylic acids is 1. The molecule has 1 atom stereocenters. The Kier molecular flexibility index (Phi) is 39.5. The molecule has 0 amide bonds. The van der Waals surface area contributed by atoms with Crippen LogP contribution < -0.4 is 0 Å². The number of ether oxygens (including phenoxy) is 1. The van der Waals surface area contributed by atoms with Crippen LogP contribution in [0.4, 0.5) is 0 Å². The number of hydrogen-bond donors (Lipinski definition) is 1. The van der Waals surface area contributed by atoms with Gasteiger partial charge in [-0.1, -0.05) is 213 Å². The number of carboxylic acids is 1. The first kappa shape index (κ1) is 46.9. The van der Waals surface area contributed by atoms with Gasteiger partial charge < -0.3 is 9.84 Å². The zero-order valence-electron chi connectivity index (χ0n) is 32.8. The fourth-order valence-corrected chi connectivity index (χ4v) is 7.07. The molecule has 4 nitrogen and oxygen atoms in total. The van der Waals surface area contributed by atoms with Crippen LogP contribution in [0.1, 0.15) is 264 Å². The van der Waals surface area contributed by atoms with Crippen molar-refractivity contribution in [3.63, 3.8) is 0 Å². The molecule has 48 heavy (non-hydrogen) atoms. The summed E-state index contributed by atoms with van der Waals surface area (Å²) in [6, 6.07) is 0. The van der Waals surface area contributed by atoms with E-state index in [1.165, 1.54) is 186 Å². The molecule has 0 aromatic heterocycles. The molecule has 0 rings (SSSR count). The summed E-state index contributed by atoms with van der Waals surface area (Å²) in [7, 11) is 0. The van der Waals surface area contributed by atoms with Gasteiger partial charge in [0.05, 0.1) is 0 Å². The van der Waals surface area contributed by atoms with E-state index in [2.05, 4.69) is 13.8 Å². The smallest absolute Gasteiger partial charge is 0.306 e. The Morgan fingerprint density at radius 2 is 0.625 bits per heavy atom. The summed E-state index contributed by atoms with van der Waals surface area (Å²) in [4.78, 5) is 23.5. The fraction of sp³-hybridized carbons (Fsp3) is 0.955. The van der Waals surface area contributed by atoms with E-state index < -0.39 is 5.97 Å². The van der Waals surface area contributed by atoms with Crippen molar-refractivity contribution < 1.29 is 19.4 Å². The Bertz CT molecular complexity index is 648. The van der Waals surface area contributed by atoms with Crippen LogP contribution in [0.5, 0.6) is 0 Å². The number of unbranched alkanes of at least 4 members (excludes halogenated alkanes) is 32. The second-order valence-corrected chi connectivity index (χ2v) is 15.3. The van der Waals surface area contributed by atoms with Crippen LogP contribution in [0.15, 0.2) is 0 Å². The minimum absolute atomic E-state index is 0.01000. The van der Waals surface area contributed by atoms with Crippen molar-refractivity contribution in [3.8, 4) is 0 Å². The van der Waals surface area contributed by atoms with Crippen LogP contribution in [-0.2, 0) is 14.3 Å². The van der Waals surface area contributed by atoms with Crippen molar-refractivity contribution in [2.75, 3.05) is 0 Å². The van der Waals surface area contributed by atoms with E-state index >= 15 is 0 Å². The molecule has 0 aromatic carbocycles. The number of rotatable bonds is 41. The molecule has 0 bridgehead atoms. The van der Waals surface area contributed by atoms with Gasteiger partial charge in [0.1, 0.15) is 6.10 Å². The molecule has 0 aromatic rings. The van der Waals surface area contributed by atoms with Crippen molar-refractivity contribution in [2.24, 2.45) is 0 Å². The molecule has 0 fully saturated rings. The Hall–Kier alpha value is -1.06. The lowest BCUT2D eigenvalue weighted by Crippen LogP contribution is -2.18. The minimum Gasteiger partial charge on any atom is -0.481 e. The Labute approximate surface area is 301 Å². The lowest BCUT2D eigenvalue weighted by molar-refractivity contribution is -0.150.